The first-order chi connectivity index (χ1) is 15.1. The van der Waals surface area contributed by atoms with Crippen LogP contribution in [0, 0.1) is 19.8 Å². The molecule has 0 unspecified atom stereocenters. The van der Waals surface area contributed by atoms with Crippen LogP contribution in [0.2, 0.25) is 19.6 Å². The minimum Gasteiger partial charge on any atom is -0.450 e. The van der Waals surface area contributed by atoms with Gasteiger partial charge in [-0.05, 0) is 59.5 Å². The highest BCUT2D eigenvalue weighted by Gasteiger charge is 2.33. The molecule has 5 rings (SSSR count). The van der Waals surface area contributed by atoms with Crippen LogP contribution in [-0.4, -0.2) is 8.07 Å². The zero-order valence-electron chi connectivity index (χ0n) is 20.7. The second-order valence-electron chi connectivity index (χ2n) is 11.0. The highest BCUT2D eigenvalue weighted by atomic mass is 28.3. The summed E-state index contributed by atoms with van der Waals surface area (Å²) in [6.45, 7) is 16.3. The summed E-state index contributed by atoms with van der Waals surface area (Å²) in [6.07, 6.45) is 1.06. The van der Waals surface area contributed by atoms with E-state index in [4.69, 9.17) is 4.74 Å². The Morgan fingerprint density at radius 2 is 1.72 bits per heavy atom. The molecule has 2 heterocycles. The topological polar surface area (TPSA) is 13.1 Å². The van der Waals surface area contributed by atoms with Gasteiger partial charge in [-0.15, -0.1) is 0 Å². The van der Waals surface area contributed by atoms with Crippen LogP contribution in [0.3, 0.4) is 0 Å². The highest BCUT2D eigenvalue weighted by molar-refractivity contribution is 6.90. The van der Waals surface area contributed by atoms with E-state index >= 15 is 0 Å². The van der Waals surface area contributed by atoms with Crippen molar-refractivity contribution in [2.75, 3.05) is 0 Å². The largest absolute Gasteiger partial charge is 0.450 e. The Hall–Kier alpha value is -2.65. The maximum absolute atomic E-state index is 6.72. The van der Waals surface area contributed by atoms with Gasteiger partial charge in [-0.25, -0.2) is 0 Å². The van der Waals surface area contributed by atoms with Crippen molar-refractivity contribution in [2.24, 2.45) is 13.0 Å². The first-order valence-corrected chi connectivity index (χ1v) is 15.3. The van der Waals surface area contributed by atoms with E-state index in [1.807, 2.05) is 0 Å². The highest BCUT2D eigenvalue weighted by Crippen LogP contribution is 2.48. The van der Waals surface area contributed by atoms with Crippen molar-refractivity contribution < 1.29 is 9.30 Å². The number of aryl methyl sites for hydroxylation is 2. The third kappa shape index (κ3) is 3.17. The first-order valence-electron chi connectivity index (χ1n) is 11.8. The van der Waals surface area contributed by atoms with Gasteiger partial charge in [-0.1, -0.05) is 57.8 Å². The van der Waals surface area contributed by atoms with E-state index in [1.165, 1.54) is 54.8 Å². The number of fused-ring (bicyclic) bond motifs is 3. The number of nitrogens with zero attached hydrogens (tertiary/aromatic N) is 1. The average Bonchev–Trinajstić information content (AvgIpc) is 2.69. The molecular weight excluding hydrogens is 406 g/mol. The number of pyridine rings is 1. The molecule has 0 saturated carbocycles. The zero-order chi connectivity index (χ0) is 22.9. The lowest BCUT2D eigenvalue weighted by Gasteiger charge is -2.25. The van der Waals surface area contributed by atoms with Crippen molar-refractivity contribution in [1.82, 2.24) is 0 Å². The predicted octanol–water partition coefficient (Wildman–Crippen LogP) is 6.95. The number of ether oxygens (including phenoxy) is 1. The van der Waals surface area contributed by atoms with E-state index in [0.29, 0.717) is 5.92 Å². The second-order valence-corrected chi connectivity index (χ2v) is 16.0. The molecule has 0 N–H and O–H groups in total. The Morgan fingerprint density at radius 3 is 2.41 bits per heavy atom. The van der Waals surface area contributed by atoms with E-state index < -0.39 is 8.07 Å². The Morgan fingerprint density at radius 1 is 0.969 bits per heavy atom. The zero-order valence-corrected chi connectivity index (χ0v) is 21.7. The molecule has 0 atom stereocenters. The maximum Gasteiger partial charge on any atom is 0.256 e. The van der Waals surface area contributed by atoms with Crippen LogP contribution in [-0.2, 0) is 13.5 Å². The molecule has 0 saturated heterocycles. The Labute approximate surface area is 192 Å². The van der Waals surface area contributed by atoms with E-state index in [-0.39, 0.29) is 0 Å². The number of benzene rings is 3. The molecule has 164 valence electrons. The fourth-order valence-electron chi connectivity index (χ4n) is 5.39. The summed E-state index contributed by atoms with van der Waals surface area (Å²) in [4.78, 5) is 0. The minimum absolute atomic E-state index is 0.614. The van der Waals surface area contributed by atoms with Gasteiger partial charge in [0, 0.05) is 22.9 Å². The number of hydrogen-bond donors (Lipinski definition) is 0. The number of rotatable bonds is 3. The van der Waals surface area contributed by atoms with Gasteiger partial charge in [0.15, 0.2) is 5.75 Å². The standard InChI is InChI=1S/C29H34NOSi/c1-17(2)12-20-14-21-13-18(3)19(4)27-28(21)24(15-20)31-25-16-22-23(30(5)29(25)27)10-9-11-26(22)32(6,7)8/h9-11,13-17H,12H2,1-8H3/q+1. The number of hydrogen-bond acceptors (Lipinski definition) is 1. The summed E-state index contributed by atoms with van der Waals surface area (Å²) in [5, 5.41) is 5.36. The molecule has 3 aromatic carbocycles. The molecule has 0 radical (unpaired) electrons. The molecule has 0 aliphatic carbocycles. The van der Waals surface area contributed by atoms with Gasteiger partial charge in [0.05, 0.1) is 13.6 Å². The predicted molar refractivity (Wildman–Crippen MR) is 139 cm³/mol. The van der Waals surface area contributed by atoms with Crippen molar-refractivity contribution in [3.63, 3.8) is 0 Å². The summed E-state index contributed by atoms with van der Waals surface area (Å²) in [7, 11) is 0.696. The lowest BCUT2D eigenvalue weighted by atomic mass is 9.88. The summed E-state index contributed by atoms with van der Waals surface area (Å²) in [5.41, 5.74) is 7.84. The fourth-order valence-corrected chi connectivity index (χ4v) is 7.00. The van der Waals surface area contributed by atoms with Crippen LogP contribution in [0.5, 0.6) is 11.5 Å². The molecule has 2 nitrogen and oxygen atoms in total. The van der Waals surface area contributed by atoms with Crippen molar-refractivity contribution >= 4 is 34.9 Å². The Balaban J connectivity index is 1.90. The molecule has 1 aromatic heterocycles. The summed E-state index contributed by atoms with van der Waals surface area (Å²) in [5.74, 6) is 2.60. The quantitative estimate of drug-likeness (QED) is 0.218. The molecule has 3 heteroatoms. The molecule has 32 heavy (non-hydrogen) atoms. The molecular formula is C29H34NOSi+. The Kier molecular flexibility index (Phi) is 4.76. The van der Waals surface area contributed by atoms with E-state index in [2.05, 4.69) is 101 Å². The van der Waals surface area contributed by atoms with Gasteiger partial charge in [0.2, 0.25) is 5.52 Å². The molecule has 0 spiro atoms. The third-order valence-corrected chi connectivity index (χ3v) is 9.03. The molecule has 0 amide bonds. The fraction of sp³-hybridized carbons (Fsp3) is 0.345. The summed E-state index contributed by atoms with van der Waals surface area (Å²) in [6, 6.07) is 16.1. The summed E-state index contributed by atoms with van der Waals surface area (Å²) >= 11 is 0. The van der Waals surface area contributed by atoms with Crippen LogP contribution in [0.1, 0.15) is 30.5 Å². The minimum atomic E-state index is -1.50. The van der Waals surface area contributed by atoms with Crippen LogP contribution in [0.15, 0.2) is 42.5 Å². The van der Waals surface area contributed by atoms with Gasteiger partial charge in [-0.2, -0.15) is 4.57 Å². The van der Waals surface area contributed by atoms with Gasteiger partial charge >= 0.3 is 0 Å². The average molecular weight is 441 g/mol. The molecule has 4 aromatic rings. The van der Waals surface area contributed by atoms with E-state index in [9.17, 15) is 0 Å². The monoisotopic (exact) mass is 440 g/mol. The normalized spacial score (nSPS) is 13.0. The van der Waals surface area contributed by atoms with E-state index in [1.54, 1.807) is 0 Å². The van der Waals surface area contributed by atoms with Gasteiger partial charge in [0.25, 0.3) is 5.69 Å². The van der Waals surface area contributed by atoms with Gasteiger partial charge in [0.1, 0.15) is 12.8 Å². The molecule has 0 fully saturated rings. The van der Waals surface area contributed by atoms with Crippen molar-refractivity contribution in [3.05, 3.63) is 59.2 Å². The molecule has 0 bridgehead atoms. The van der Waals surface area contributed by atoms with Crippen LogP contribution in [0.4, 0.5) is 0 Å². The van der Waals surface area contributed by atoms with Gasteiger partial charge < -0.3 is 4.74 Å². The summed E-state index contributed by atoms with van der Waals surface area (Å²) < 4.78 is 9.08. The first kappa shape index (κ1) is 21.2. The van der Waals surface area contributed by atoms with Crippen LogP contribution < -0.4 is 14.5 Å². The van der Waals surface area contributed by atoms with Crippen molar-refractivity contribution in [2.45, 2.75) is 53.8 Å². The number of aromatic nitrogens is 1. The lowest BCUT2D eigenvalue weighted by Crippen LogP contribution is -2.41. The van der Waals surface area contributed by atoms with Crippen LogP contribution in [0.25, 0.3) is 32.9 Å². The van der Waals surface area contributed by atoms with E-state index in [0.717, 1.165) is 17.9 Å². The maximum atomic E-state index is 6.72. The lowest BCUT2D eigenvalue weighted by molar-refractivity contribution is -0.633. The molecule has 1 aliphatic rings. The second kappa shape index (κ2) is 7.18. The molecule has 1 aliphatic heterocycles. The van der Waals surface area contributed by atoms with Crippen LogP contribution >= 0.6 is 0 Å². The SMILES string of the molecule is Cc1cc2cc(CC(C)C)cc3c2c(c1C)-c1c(cc2c([Si](C)(C)C)cccc2[n+]1C)O3. The van der Waals surface area contributed by atoms with Gasteiger partial charge in [-0.3, -0.25) is 0 Å². The smallest absolute Gasteiger partial charge is 0.256 e. The third-order valence-electron chi connectivity index (χ3n) is 6.98. The van der Waals surface area contributed by atoms with Crippen molar-refractivity contribution in [1.29, 1.82) is 0 Å². The van der Waals surface area contributed by atoms with Crippen molar-refractivity contribution in [3.8, 4) is 22.8 Å². The Bertz CT molecular complexity index is 1410.